The molecular formula is C29H36N4O6. The molecule has 0 bridgehead atoms. The number of aliphatic imine (C=N–C) groups is 1. The number of carbonyl (C=O) groups excluding carboxylic acids is 1. The lowest BCUT2D eigenvalue weighted by Crippen LogP contribution is -2.51. The Hall–Kier alpha value is -3.84. The maximum atomic E-state index is 13.1. The average Bonchev–Trinajstić information content (AvgIpc) is 3.35. The number of carboxylic acids is 1. The van der Waals surface area contributed by atoms with E-state index in [0.29, 0.717) is 35.6 Å². The standard InChI is InChI=1S/C29H36N4O6/c1-17(2)37-24-13-12-18(14-19(24)15-30)27-31-26(32-39-27)22-10-6-9-21-20(22)8-7-11-23(21)33(16-25(34)35)28(36)38-29(3,4)5/h6,10,12-14,17,21,23,27H,7-9,11,16H2,1-5H3,(H,31,32)(H,34,35)/t21?,23-,27?/m0/s1. The summed E-state index contributed by atoms with van der Waals surface area (Å²) in [7, 11) is 0. The van der Waals surface area contributed by atoms with Gasteiger partial charge < -0.3 is 14.6 Å². The van der Waals surface area contributed by atoms with Crippen molar-refractivity contribution in [1.82, 2.24) is 10.4 Å². The predicted molar refractivity (Wildman–Crippen MR) is 144 cm³/mol. The Bertz CT molecular complexity index is 1250. The van der Waals surface area contributed by atoms with E-state index in [-0.39, 0.29) is 18.1 Å². The molecule has 1 aliphatic heterocycles. The van der Waals surface area contributed by atoms with Crippen LogP contribution in [0.5, 0.6) is 5.75 Å². The van der Waals surface area contributed by atoms with Gasteiger partial charge in [-0.15, -0.1) is 0 Å². The summed E-state index contributed by atoms with van der Waals surface area (Å²) in [4.78, 5) is 36.7. The number of benzene rings is 1. The number of nitrogens with zero attached hydrogens (tertiary/aromatic N) is 3. The van der Waals surface area contributed by atoms with Crippen molar-refractivity contribution in [3.05, 3.63) is 52.6 Å². The number of nitriles is 1. The first-order valence-corrected chi connectivity index (χ1v) is 13.3. The van der Waals surface area contributed by atoms with Crippen LogP contribution in [0.1, 0.15) is 77.7 Å². The Labute approximate surface area is 228 Å². The quantitative estimate of drug-likeness (QED) is 0.496. The molecule has 2 unspecified atom stereocenters. The number of hydroxylamine groups is 1. The Balaban J connectivity index is 1.61. The maximum Gasteiger partial charge on any atom is 0.411 e. The molecule has 0 spiro atoms. The van der Waals surface area contributed by atoms with Crippen molar-refractivity contribution in [2.45, 2.75) is 84.3 Å². The van der Waals surface area contributed by atoms with E-state index in [1.54, 1.807) is 32.9 Å². The van der Waals surface area contributed by atoms with Gasteiger partial charge in [0.15, 0.2) is 5.84 Å². The summed E-state index contributed by atoms with van der Waals surface area (Å²) in [5.74, 6) is -0.0618. The highest BCUT2D eigenvalue weighted by Crippen LogP contribution is 2.41. The smallest absolute Gasteiger partial charge is 0.411 e. The van der Waals surface area contributed by atoms with E-state index in [1.807, 2.05) is 32.1 Å². The van der Waals surface area contributed by atoms with Gasteiger partial charge in [-0.05, 0) is 72.4 Å². The number of nitrogens with one attached hydrogen (secondary N) is 1. The molecule has 0 saturated heterocycles. The molecule has 1 amide bonds. The lowest BCUT2D eigenvalue weighted by atomic mass is 9.73. The van der Waals surface area contributed by atoms with Crippen LogP contribution in [0.4, 0.5) is 4.79 Å². The van der Waals surface area contributed by atoms with Crippen molar-refractivity contribution in [2.24, 2.45) is 10.9 Å². The van der Waals surface area contributed by atoms with Crippen LogP contribution in [0.2, 0.25) is 0 Å². The second-order valence-electron chi connectivity index (χ2n) is 11.2. The monoisotopic (exact) mass is 536 g/mol. The zero-order valence-corrected chi connectivity index (χ0v) is 23.1. The summed E-state index contributed by atoms with van der Waals surface area (Å²) in [5, 5.41) is 19.2. The first-order chi connectivity index (χ1) is 18.5. The van der Waals surface area contributed by atoms with Crippen LogP contribution in [0, 0.1) is 17.2 Å². The number of ether oxygens (including phenoxy) is 2. The molecule has 208 valence electrons. The molecule has 0 aromatic heterocycles. The highest BCUT2D eigenvalue weighted by Gasteiger charge is 2.40. The number of carboxylic acid groups (broad SMARTS) is 1. The molecule has 10 heteroatoms. The van der Waals surface area contributed by atoms with Crippen LogP contribution in [0.3, 0.4) is 0 Å². The van der Waals surface area contributed by atoms with E-state index < -0.39 is 30.4 Å². The van der Waals surface area contributed by atoms with Gasteiger partial charge in [0.2, 0.25) is 6.23 Å². The number of allylic oxidation sites excluding steroid dienone is 1. The van der Waals surface area contributed by atoms with E-state index >= 15 is 0 Å². The Morgan fingerprint density at radius 3 is 2.77 bits per heavy atom. The van der Waals surface area contributed by atoms with E-state index in [0.717, 1.165) is 24.0 Å². The molecule has 1 heterocycles. The van der Waals surface area contributed by atoms with E-state index in [1.165, 1.54) is 4.90 Å². The summed E-state index contributed by atoms with van der Waals surface area (Å²) in [6.07, 6.45) is 5.68. The number of fused-ring (bicyclic) bond motifs is 1. The number of aliphatic carboxylic acids is 1. The number of rotatable bonds is 7. The molecule has 1 aromatic carbocycles. The lowest BCUT2D eigenvalue weighted by molar-refractivity contribution is -0.139. The van der Waals surface area contributed by atoms with Crippen molar-refractivity contribution in [3.8, 4) is 11.8 Å². The summed E-state index contributed by atoms with van der Waals surface area (Å²) in [5.41, 5.74) is 5.33. The minimum atomic E-state index is -1.08. The minimum Gasteiger partial charge on any atom is -0.490 e. The molecule has 2 N–H and O–H groups in total. The molecule has 1 fully saturated rings. The van der Waals surface area contributed by atoms with Crippen molar-refractivity contribution in [3.63, 3.8) is 0 Å². The number of carbonyl (C=O) groups is 2. The molecule has 2 aliphatic carbocycles. The second kappa shape index (κ2) is 11.5. The average molecular weight is 537 g/mol. The Morgan fingerprint density at radius 2 is 2.10 bits per heavy atom. The summed E-state index contributed by atoms with van der Waals surface area (Å²) >= 11 is 0. The fraction of sp³-hybridized carbons (Fsp3) is 0.517. The van der Waals surface area contributed by atoms with Crippen LogP contribution in [0.25, 0.3) is 0 Å². The third kappa shape index (κ3) is 6.60. The maximum absolute atomic E-state index is 13.1. The zero-order valence-electron chi connectivity index (χ0n) is 23.1. The molecule has 3 atom stereocenters. The van der Waals surface area contributed by atoms with Crippen molar-refractivity contribution < 1.29 is 29.0 Å². The van der Waals surface area contributed by atoms with Crippen LogP contribution < -0.4 is 10.2 Å². The van der Waals surface area contributed by atoms with E-state index in [4.69, 9.17) is 19.3 Å². The third-order valence-electron chi connectivity index (χ3n) is 6.75. The predicted octanol–water partition coefficient (Wildman–Crippen LogP) is 5.02. The van der Waals surface area contributed by atoms with Gasteiger partial charge in [0, 0.05) is 23.1 Å². The van der Waals surface area contributed by atoms with Crippen molar-refractivity contribution >= 4 is 17.9 Å². The van der Waals surface area contributed by atoms with Gasteiger partial charge in [-0.25, -0.2) is 20.1 Å². The Kier molecular flexibility index (Phi) is 8.31. The van der Waals surface area contributed by atoms with Crippen LogP contribution in [-0.2, 0) is 14.4 Å². The van der Waals surface area contributed by atoms with Gasteiger partial charge in [-0.1, -0.05) is 23.8 Å². The number of hydrogen-bond acceptors (Lipinski definition) is 8. The number of amides is 1. The molecule has 10 nitrogen and oxygen atoms in total. The molecule has 0 radical (unpaired) electrons. The fourth-order valence-corrected chi connectivity index (χ4v) is 5.28. The van der Waals surface area contributed by atoms with Crippen molar-refractivity contribution in [1.29, 1.82) is 5.26 Å². The minimum absolute atomic E-state index is 0.0579. The normalized spacial score (nSPS) is 22.5. The fourth-order valence-electron chi connectivity index (χ4n) is 5.28. The van der Waals surface area contributed by atoms with E-state index in [9.17, 15) is 20.0 Å². The van der Waals surface area contributed by atoms with E-state index in [2.05, 4.69) is 11.5 Å². The Morgan fingerprint density at radius 1 is 1.33 bits per heavy atom. The SMILES string of the molecule is CC(C)Oc1ccc(C2N=C(C3=C4CCC[C@H](N(CC(=O)O)C(=O)OC(C)(C)C)C4CC=C3)NO2)cc1C#N. The highest BCUT2D eigenvalue weighted by molar-refractivity contribution is 6.02. The summed E-state index contributed by atoms with van der Waals surface area (Å²) < 4.78 is 11.3. The third-order valence-corrected chi connectivity index (χ3v) is 6.75. The van der Waals surface area contributed by atoms with Crippen LogP contribution >= 0.6 is 0 Å². The first kappa shape index (κ1) is 28.2. The molecular weight excluding hydrogens is 500 g/mol. The van der Waals surface area contributed by atoms with Gasteiger partial charge in [-0.3, -0.25) is 9.69 Å². The van der Waals surface area contributed by atoms with Gasteiger partial charge in [0.25, 0.3) is 0 Å². The summed E-state index contributed by atoms with van der Waals surface area (Å²) in [6, 6.07) is 7.16. The van der Waals surface area contributed by atoms with Gasteiger partial charge in [0.05, 0.1) is 11.7 Å². The molecule has 1 saturated carbocycles. The zero-order chi connectivity index (χ0) is 28.3. The number of hydrogen-bond donors (Lipinski definition) is 2. The molecule has 3 aliphatic rings. The molecule has 4 rings (SSSR count). The van der Waals surface area contributed by atoms with Crippen LogP contribution in [0.15, 0.2) is 46.5 Å². The lowest BCUT2D eigenvalue weighted by Gasteiger charge is -2.42. The molecule has 39 heavy (non-hydrogen) atoms. The van der Waals surface area contributed by atoms with Crippen LogP contribution in [-0.4, -0.2) is 52.2 Å². The van der Waals surface area contributed by atoms with Gasteiger partial charge >= 0.3 is 12.1 Å². The summed E-state index contributed by atoms with van der Waals surface area (Å²) in [6.45, 7) is 8.68. The second-order valence-corrected chi connectivity index (χ2v) is 11.2. The largest absolute Gasteiger partial charge is 0.490 e. The number of amidine groups is 1. The van der Waals surface area contributed by atoms with Gasteiger partial charge in [-0.2, -0.15) is 5.26 Å². The molecule has 1 aromatic rings. The topological polar surface area (TPSA) is 133 Å². The first-order valence-electron chi connectivity index (χ1n) is 13.3. The van der Waals surface area contributed by atoms with Gasteiger partial charge in [0.1, 0.15) is 24.0 Å². The highest BCUT2D eigenvalue weighted by atomic mass is 16.7. The van der Waals surface area contributed by atoms with Crippen molar-refractivity contribution in [2.75, 3.05) is 6.54 Å².